The maximum Gasteiger partial charge on any atom is 0.257 e. The van der Waals surface area contributed by atoms with Gasteiger partial charge in [0.25, 0.3) is 5.91 Å². The lowest BCUT2D eigenvalue weighted by atomic mass is 9.92. The molecule has 1 saturated heterocycles. The Bertz CT molecular complexity index is 817. The third-order valence-corrected chi connectivity index (χ3v) is 5.17. The first-order valence-corrected chi connectivity index (χ1v) is 8.91. The fourth-order valence-electron chi connectivity index (χ4n) is 3.70. The Balaban J connectivity index is 1.57. The molecule has 7 heteroatoms. The van der Waals surface area contributed by atoms with Crippen molar-refractivity contribution >= 4 is 5.91 Å². The number of benzene rings is 1. The van der Waals surface area contributed by atoms with Crippen molar-refractivity contribution in [2.45, 2.75) is 25.8 Å². The van der Waals surface area contributed by atoms with Crippen molar-refractivity contribution in [3.63, 3.8) is 0 Å². The van der Waals surface area contributed by atoms with Gasteiger partial charge in [-0.15, -0.1) is 0 Å². The summed E-state index contributed by atoms with van der Waals surface area (Å²) in [6.45, 7) is 5.38. The lowest BCUT2D eigenvalue weighted by molar-refractivity contribution is 0.0776. The normalized spacial score (nSPS) is 21.6. The van der Waals surface area contributed by atoms with Crippen LogP contribution in [-0.4, -0.2) is 52.2 Å². The number of aliphatic hydroxyl groups is 1. The van der Waals surface area contributed by atoms with Gasteiger partial charge in [0.15, 0.2) is 11.5 Å². The average Bonchev–Trinajstić information content (AvgIpc) is 3.38. The van der Waals surface area contributed by atoms with Gasteiger partial charge in [0.1, 0.15) is 0 Å². The first-order valence-electron chi connectivity index (χ1n) is 8.91. The number of ether oxygens (including phenoxy) is 2. The minimum absolute atomic E-state index is 0.00214. The molecule has 1 N–H and O–H groups in total. The van der Waals surface area contributed by atoms with E-state index in [-0.39, 0.29) is 37.2 Å². The number of hydrogen-bond donors (Lipinski definition) is 1. The first-order chi connectivity index (χ1) is 12.6. The number of para-hydroxylation sites is 1. The van der Waals surface area contributed by atoms with Gasteiger partial charge >= 0.3 is 0 Å². The van der Waals surface area contributed by atoms with Crippen LogP contribution in [0.4, 0.5) is 0 Å². The molecule has 138 valence electrons. The van der Waals surface area contributed by atoms with Gasteiger partial charge in [0.05, 0.1) is 11.8 Å². The van der Waals surface area contributed by atoms with Crippen molar-refractivity contribution in [2.24, 2.45) is 5.92 Å². The zero-order valence-corrected chi connectivity index (χ0v) is 15.0. The van der Waals surface area contributed by atoms with Crippen LogP contribution in [0, 0.1) is 5.92 Å². The van der Waals surface area contributed by atoms with Gasteiger partial charge in [-0.3, -0.25) is 9.48 Å². The summed E-state index contributed by atoms with van der Waals surface area (Å²) in [4.78, 5) is 14.8. The Morgan fingerprint density at radius 1 is 1.35 bits per heavy atom. The highest BCUT2D eigenvalue weighted by Crippen LogP contribution is 2.38. The minimum Gasteiger partial charge on any atom is -0.454 e. The van der Waals surface area contributed by atoms with E-state index in [0.29, 0.717) is 30.2 Å². The molecule has 0 aliphatic carbocycles. The summed E-state index contributed by atoms with van der Waals surface area (Å²) in [6, 6.07) is 5.63. The van der Waals surface area contributed by atoms with E-state index in [1.807, 2.05) is 17.1 Å². The number of amides is 1. The summed E-state index contributed by atoms with van der Waals surface area (Å²) >= 11 is 0. The SMILES string of the molecule is CC(C)n1cc([C@@H]2CN(C(=O)c3cccc4c3OCO4)C[C@H]2CO)cn1. The fraction of sp³-hybridized carbons (Fsp3) is 0.474. The largest absolute Gasteiger partial charge is 0.454 e. The Hall–Kier alpha value is -2.54. The minimum atomic E-state index is -0.0930. The van der Waals surface area contributed by atoms with Crippen LogP contribution in [0.5, 0.6) is 11.5 Å². The number of fused-ring (bicyclic) bond motifs is 1. The topological polar surface area (TPSA) is 76.8 Å². The predicted molar refractivity (Wildman–Crippen MR) is 94.4 cm³/mol. The predicted octanol–water partition coefficient (Wildman–Crippen LogP) is 2.04. The van der Waals surface area contributed by atoms with Crippen LogP contribution in [0.15, 0.2) is 30.6 Å². The third kappa shape index (κ3) is 2.82. The number of nitrogens with zero attached hydrogens (tertiary/aromatic N) is 3. The molecule has 2 atom stereocenters. The van der Waals surface area contributed by atoms with E-state index in [9.17, 15) is 9.90 Å². The van der Waals surface area contributed by atoms with E-state index in [1.165, 1.54) is 0 Å². The van der Waals surface area contributed by atoms with Crippen LogP contribution in [0.2, 0.25) is 0 Å². The Kier molecular flexibility index (Phi) is 4.32. The molecule has 0 radical (unpaired) electrons. The molecule has 2 aromatic rings. The second-order valence-electron chi connectivity index (χ2n) is 7.15. The molecule has 1 aromatic carbocycles. The van der Waals surface area contributed by atoms with Crippen molar-refractivity contribution in [3.8, 4) is 11.5 Å². The van der Waals surface area contributed by atoms with Crippen molar-refractivity contribution < 1.29 is 19.4 Å². The number of carbonyl (C=O) groups excluding carboxylic acids is 1. The van der Waals surface area contributed by atoms with Crippen LogP contribution in [0.1, 0.15) is 41.7 Å². The maximum absolute atomic E-state index is 13.0. The van der Waals surface area contributed by atoms with Crippen LogP contribution in [-0.2, 0) is 0 Å². The van der Waals surface area contributed by atoms with E-state index in [4.69, 9.17) is 9.47 Å². The molecule has 0 saturated carbocycles. The van der Waals surface area contributed by atoms with Crippen LogP contribution in [0.3, 0.4) is 0 Å². The molecule has 2 aliphatic heterocycles. The number of hydrogen-bond acceptors (Lipinski definition) is 5. The van der Waals surface area contributed by atoms with Crippen molar-refractivity contribution in [2.75, 3.05) is 26.5 Å². The van der Waals surface area contributed by atoms with Gasteiger partial charge in [-0.1, -0.05) is 6.07 Å². The van der Waals surface area contributed by atoms with E-state index in [0.717, 1.165) is 5.56 Å². The summed E-state index contributed by atoms with van der Waals surface area (Å²) in [6.07, 6.45) is 3.86. The van der Waals surface area contributed by atoms with Gasteiger partial charge in [0, 0.05) is 43.8 Å². The van der Waals surface area contributed by atoms with Gasteiger partial charge < -0.3 is 19.5 Å². The van der Waals surface area contributed by atoms with Crippen LogP contribution < -0.4 is 9.47 Å². The molecule has 3 heterocycles. The molecule has 7 nitrogen and oxygen atoms in total. The monoisotopic (exact) mass is 357 g/mol. The highest BCUT2D eigenvalue weighted by Gasteiger charge is 2.38. The molecule has 2 aliphatic rings. The van der Waals surface area contributed by atoms with Crippen molar-refractivity contribution in [3.05, 3.63) is 41.7 Å². The Morgan fingerprint density at radius 3 is 2.92 bits per heavy atom. The quantitative estimate of drug-likeness (QED) is 0.906. The highest BCUT2D eigenvalue weighted by atomic mass is 16.7. The second kappa shape index (κ2) is 6.64. The Labute approximate surface area is 152 Å². The molecule has 1 aromatic heterocycles. The first kappa shape index (κ1) is 16.9. The standard InChI is InChI=1S/C19H23N3O4/c1-12(2)22-8-13(6-20-22)16-9-21(7-14(16)10-23)19(24)15-4-3-5-17-18(15)26-11-25-17/h3-6,8,12,14,16,23H,7,9-11H2,1-2H3/t14-,16-/m0/s1. The van der Waals surface area contributed by atoms with Gasteiger partial charge in [0.2, 0.25) is 6.79 Å². The molecule has 4 rings (SSSR count). The zero-order chi connectivity index (χ0) is 18.3. The lowest BCUT2D eigenvalue weighted by Gasteiger charge is -2.17. The van der Waals surface area contributed by atoms with E-state index in [2.05, 4.69) is 18.9 Å². The van der Waals surface area contributed by atoms with Crippen molar-refractivity contribution in [1.29, 1.82) is 0 Å². The maximum atomic E-state index is 13.0. The number of aromatic nitrogens is 2. The molecule has 26 heavy (non-hydrogen) atoms. The van der Waals surface area contributed by atoms with E-state index >= 15 is 0 Å². The molecular weight excluding hydrogens is 334 g/mol. The molecule has 0 unspecified atom stereocenters. The van der Waals surface area contributed by atoms with E-state index in [1.54, 1.807) is 23.1 Å². The summed E-state index contributed by atoms with van der Waals surface area (Å²) in [7, 11) is 0. The summed E-state index contributed by atoms with van der Waals surface area (Å²) in [5.41, 5.74) is 1.57. The summed E-state index contributed by atoms with van der Waals surface area (Å²) in [5, 5.41) is 14.2. The zero-order valence-electron chi connectivity index (χ0n) is 15.0. The van der Waals surface area contributed by atoms with E-state index < -0.39 is 0 Å². The second-order valence-corrected chi connectivity index (χ2v) is 7.15. The van der Waals surface area contributed by atoms with Crippen LogP contribution in [0.25, 0.3) is 0 Å². The number of rotatable bonds is 4. The smallest absolute Gasteiger partial charge is 0.257 e. The highest BCUT2D eigenvalue weighted by molar-refractivity contribution is 5.98. The third-order valence-electron chi connectivity index (χ3n) is 5.17. The lowest BCUT2D eigenvalue weighted by Crippen LogP contribution is -2.29. The van der Waals surface area contributed by atoms with Gasteiger partial charge in [-0.2, -0.15) is 5.10 Å². The number of aliphatic hydroxyl groups excluding tert-OH is 1. The summed E-state index contributed by atoms with van der Waals surface area (Å²) < 4.78 is 12.7. The van der Waals surface area contributed by atoms with Crippen LogP contribution >= 0.6 is 0 Å². The molecular formula is C19H23N3O4. The molecule has 0 spiro atoms. The Morgan fingerprint density at radius 2 is 2.19 bits per heavy atom. The molecule has 0 bridgehead atoms. The van der Waals surface area contributed by atoms with Crippen molar-refractivity contribution in [1.82, 2.24) is 14.7 Å². The number of carbonyl (C=O) groups is 1. The van der Waals surface area contributed by atoms with Gasteiger partial charge in [-0.25, -0.2) is 0 Å². The fourth-order valence-corrected chi connectivity index (χ4v) is 3.70. The average molecular weight is 357 g/mol. The molecule has 1 fully saturated rings. The summed E-state index contributed by atoms with van der Waals surface area (Å²) in [5.74, 6) is 1.09. The van der Waals surface area contributed by atoms with Gasteiger partial charge in [-0.05, 0) is 31.5 Å². The number of likely N-dealkylation sites (tertiary alicyclic amines) is 1. The molecule has 1 amide bonds.